The molecule has 1 saturated heterocycles. The minimum absolute atomic E-state index is 0.0219. The van der Waals surface area contributed by atoms with E-state index < -0.39 is 9.84 Å². The minimum Gasteiger partial charge on any atom is -0.341 e. The van der Waals surface area contributed by atoms with Crippen LogP contribution in [-0.2, 0) is 16.4 Å². The van der Waals surface area contributed by atoms with Crippen LogP contribution in [0.3, 0.4) is 0 Å². The Bertz CT molecular complexity index is 711. The molecule has 1 aromatic carbocycles. The lowest BCUT2D eigenvalue weighted by atomic mass is 10.2. The molecule has 0 spiro atoms. The van der Waals surface area contributed by atoms with Gasteiger partial charge in [-0.15, -0.1) is 0 Å². The van der Waals surface area contributed by atoms with Crippen LogP contribution in [0, 0.1) is 0 Å². The maximum absolute atomic E-state index is 11.4. The molecule has 1 unspecified atom stereocenters. The molecule has 0 bridgehead atoms. The summed E-state index contributed by atoms with van der Waals surface area (Å²) >= 11 is 6.05. The zero-order chi connectivity index (χ0) is 13.5. The molecule has 2 heterocycles. The first-order valence-electron chi connectivity index (χ1n) is 6.10. The van der Waals surface area contributed by atoms with Crippen molar-refractivity contribution >= 4 is 32.5 Å². The average Bonchev–Trinajstić information content (AvgIpc) is 2.91. The molecule has 0 saturated carbocycles. The highest BCUT2D eigenvalue weighted by atomic mass is 35.5. The Kier molecular flexibility index (Phi) is 3.24. The Balaban J connectivity index is 1.71. The fourth-order valence-electron chi connectivity index (χ4n) is 2.33. The van der Waals surface area contributed by atoms with Gasteiger partial charge in [0.25, 0.3) is 0 Å². The molecule has 2 aromatic rings. The lowest BCUT2D eigenvalue weighted by molar-refractivity contribution is 0.544. The van der Waals surface area contributed by atoms with Gasteiger partial charge in [-0.3, -0.25) is 0 Å². The van der Waals surface area contributed by atoms with Crippen molar-refractivity contribution in [1.82, 2.24) is 15.3 Å². The lowest BCUT2D eigenvalue weighted by Crippen LogP contribution is -2.29. The summed E-state index contributed by atoms with van der Waals surface area (Å²) in [6.45, 7) is 0.519. The quantitative estimate of drug-likeness (QED) is 0.900. The monoisotopic (exact) mass is 299 g/mol. The van der Waals surface area contributed by atoms with E-state index >= 15 is 0 Å². The predicted octanol–water partition coefficient (Wildman–Crippen LogP) is 1.49. The molecule has 0 amide bonds. The van der Waals surface area contributed by atoms with Gasteiger partial charge in [-0.25, -0.2) is 13.4 Å². The normalized spacial score (nSPS) is 22.1. The Labute approximate surface area is 116 Å². The van der Waals surface area contributed by atoms with Crippen LogP contribution in [0.1, 0.15) is 12.2 Å². The summed E-state index contributed by atoms with van der Waals surface area (Å²) in [6, 6.07) is 5.60. The van der Waals surface area contributed by atoms with Gasteiger partial charge in [-0.1, -0.05) is 17.7 Å². The van der Waals surface area contributed by atoms with Gasteiger partial charge in [0.2, 0.25) is 0 Å². The summed E-state index contributed by atoms with van der Waals surface area (Å²) in [4.78, 5) is 7.58. The number of H-pyrrole nitrogens is 1. The highest BCUT2D eigenvalue weighted by Crippen LogP contribution is 2.21. The number of nitrogens with zero attached hydrogens (tertiary/aromatic N) is 1. The van der Waals surface area contributed by atoms with Gasteiger partial charge in [-0.05, 0) is 18.6 Å². The first-order valence-corrected chi connectivity index (χ1v) is 8.30. The van der Waals surface area contributed by atoms with Crippen LogP contribution in [0.4, 0.5) is 0 Å². The largest absolute Gasteiger partial charge is 0.341 e. The van der Waals surface area contributed by atoms with E-state index in [1.54, 1.807) is 6.07 Å². The molecule has 19 heavy (non-hydrogen) atoms. The van der Waals surface area contributed by atoms with Crippen molar-refractivity contribution in [3.63, 3.8) is 0 Å². The summed E-state index contributed by atoms with van der Waals surface area (Å²) < 4.78 is 22.7. The Hall–Kier alpha value is -1.11. The molecule has 3 rings (SSSR count). The van der Waals surface area contributed by atoms with Crippen LogP contribution in [0.5, 0.6) is 0 Å². The number of para-hydroxylation sites is 1. The molecule has 1 aromatic heterocycles. The second kappa shape index (κ2) is 4.77. The van der Waals surface area contributed by atoms with E-state index in [1.807, 2.05) is 12.1 Å². The van der Waals surface area contributed by atoms with Gasteiger partial charge in [0.1, 0.15) is 11.3 Å². The topological polar surface area (TPSA) is 74.8 Å². The summed E-state index contributed by atoms with van der Waals surface area (Å²) in [5, 5.41) is 3.83. The van der Waals surface area contributed by atoms with E-state index in [4.69, 9.17) is 11.6 Å². The van der Waals surface area contributed by atoms with Crippen LogP contribution < -0.4 is 5.32 Å². The number of imidazole rings is 1. The minimum atomic E-state index is -2.85. The number of hydrogen-bond donors (Lipinski definition) is 2. The molecule has 1 atom stereocenters. The summed E-state index contributed by atoms with van der Waals surface area (Å²) in [5.41, 5.74) is 1.64. The van der Waals surface area contributed by atoms with Crippen LogP contribution >= 0.6 is 11.6 Å². The molecule has 1 aliphatic heterocycles. The highest BCUT2D eigenvalue weighted by molar-refractivity contribution is 7.91. The molecule has 1 fully saturated rings. The predicted molar refractivity (Wildman–Crippen MR) is 75.0 cm³/mol. The lowest BCUT2D eigenvalue weighted by Gasteiger charge is -2.08. The van der Waals surface area contributed by atoms with Crippen LogP contribution in [-0.4, -0.2) is 35.9 Å². The maximum atomic E-state index is 11.4. The molecule has 5 nitrogen and oxygen atoms in total. The number of halogens is 1. The number of aromatic amines is 1. The van der Waals surface area contributed by atoms with Crippen molar-refractivity contribution in [3.8, 4) is 0 Å². The summed E-state index contributed by atoms with van der Waals surface area (Å²) in [6.07, 6.45) is 0.670. The van der Waals surface area contributed by atoms with Crippen molar-refractivity contribution in [2.24, 2.45) is 0 Å². The molecule has 0 aliphatic carbocycles. The third-order valence-electron chi connectivity index (χ3n) is 3.30. The van der Waals surface area contributed by atoms with Gasteiger partial charge in [0, 0.05) is 6.04 Å². The van der Waals surface area contributed by atoms with E-state index in [1.165, 1.54) is 0 Å². The van der Waals surface area contributed by atoms with E-state index in [-0.39, 0.29) is 17.5 Å². The Morgan fingerprint density at radius 1 is 1.47 bits per heavy atom. The number of aromatic nitrogens is 2. The van der Waals surface area contributed by atoms with E-state index in [0.717, 1.165) is 16.9 Å². The first kappa shape index (κ1) is 12.9. The van der Waals surface area contributed by atoms with Crippen molar-refractivity contribution in [3.05, 3.63) is 29.0 Å². The van der Waals surface area contributed by atoms with Gasteiger partial charge in [0.05, 0.1) is 28.6 Å². The van der Waals surface area contributed by atoms with Gasteiger partial charge < -0.3 is 10.3 Å². The van der Waals surface area contributed by atoms with E-state index in [2.05, 4.69) is 15.3 Å². The zero-order valence-electron chi connectivity index (χ0n) is 10.2. The molecular weight excluding hydrogens is 286 g/mol. The highest BCUT2D eigenvalue weighted by Gasteiger charge is 2.27. The van der Waals surface area contributed by atoms with E-state index in [9.17, 15) is 8.42 Å². The standard InChI is InChI=1S/C12H14ClN3O2S/c13-9-2-1-3-10-12(9)16-11(15-10)6-14-8-4-5-19(17,18)7-8/h1-3,8,14H,4-7H2,(H,15,16). The van der Waals surface area contributed by atoms with Crippen LogP contribution in [0.2, 0.25) is 5.02 Å². The van der Waals surface area contributed by atoms with Crippen molar-refractivity contribution < 1.29 is 8.42 Å². The molecule has 1 aliphatic rings. The molecule has 7 heteroatoms. The average molecular weight is 300 g/mol. The number of sulfone groups is 1. The summed E-state index contributed by atoms with van der Waals surface area (Å²) in [7, 11) is -2.85. The van der Waals surface area contributed by atoms with Crippen LogP contribution in [0.15, 0.2) is 18.2 Å². The number of nitrogens with one attached hydrogen (secondary N) is 2. The molecule has 2 N–H and O–H groups in total. The fourth-order valence-corrected chi connectivity index (χ4v) is 4.25. The Morgan fingerprint density at radius 3 is 3.00 bits per heavy atom. The van der Waals surface area contributed by atoms with Crippen molar-refractivity contribution in [2.75, 3.05) is 11.5 Å². The number of benzene rings is 1. The van der Waals surface area contributed by atoms with Gasteiger partial charge >= 0.3 is 0 Å². The SMILES string of the molecule is O=S1(=O)CCC(NCc2nc3c(Cl)cccc3[nH]2)C1. The second-order valence-electron chi connectivity index (χ2n) is 4.80. The van der Waals surface area contributed by atoms with Gasteiger partial charge in [0.15, 0.2) is 9.84 Å². The van der Waals surface area contributed by atoms with Crippen molar-refractivity contribution in [1.29, 1.82) is 0 Å². The smallest absolute Gasteiger partial charge is 0.151 e. The fraction of sp³-hybridized carbons (Fsp3) is 0.417. The molecule has 102 valence electrons. The third-order valence-corrected chi connectivity index (χ3v) is 5.38. The second-order valence-corrected chi connectivity index (χ2v) is 7.44. The third kappa shape index (κ3) is 2.75. The maximum Gasteiger partial charge on any atom is 0.151 e. The van der Waals surface area contributed by atoms with Crippen LogP contribution in [0.25, 0.3) is 11.0 Å². The van der Waals surface area contributed by atoms with Gasteiger partial charge in [-0.2, -0.15) is 0 Å². The Morgan fingerprint density at radius 2 is 2.32 bits per heavy atom. The van der Waals surface area contributed by atoms with Crippen molar-refractivity contribution in [2.45, 2.75) is 19.0 Å². The zero-order valence-corrected chi connectivity index (χ0v) is 11.8. The van der Waals surface area contributed by atoms with E-state index in [0.29, 0.717) is 18.0 Å². The molecule has 0 radical (unpaired) electrons. The molecular formula is C12H14ClN3O2S. The number of rotatable bonds is 3. The number of fused-ring (bicyclic) bond motifs is 1. The first-order chi connectivity index (χ1) is 9.03. The summed E-state index contributed by atoms with van der Waals surface area (Å²) in [5.74, 6) is 1.26. The number of hydrogen-bond acceptors (Lipinski definition) is 4.